The van der Waals surface area contributed by atoms with Crippen LogP contribution in [0.15, 0.2) is 47.4 Å². The standard InChI is InChI=1S/C22H26N2O4S/c1-24(19-9-5-7-15-6-3-4-8-18(15)19)22(25)16-10-13-20(28-2)21(14-16)29(26,27)23-17-11-12-17/h3-4,6,8,10,13-14,17,19,23H,5,7,9,11-12H2,1-2H3/t19-/m1/s1. The Morgan fingerprint density at radius 2 is 1.90 bits per heavy atom. The van der Waals surface area contributed by atoms with E-state index >= 15 is 0 Å². The Bertz CT molecular complexity index is 1030. The van der Waals surface area contributed by atoms with Crippen LogP contribution in [0, 0.1) is 0 Å². The smallest absolute Gasteiger partial charge is 0.254 e. The van der Waals surface area contributed by atoms with E-state index in [9.17, 15) is 13.2 Å². The van der Waals surface area contributed by atoms with Gasteiger partial charge in [-0.1, -0.05) is 24.3 Å². The highest BCUT2D eigenvalue weighted by molar-refractivity contribution is 7.89. The fraction of sp³-hybridized carbons (Fsp3) is 0.409. The molecule has 0 unspecified atom stereocenters. The Balaban J connectivity index is 1.64. The maximum atomic E-state index is 13.2. The van der Waals surface area contributed by atoms with E-state index in [4.69, 9.17) is 4.74 Å². The maximum Gasteiger partial charge on any atom is 0.254 e. The minimum Gasteiger partial charge on any atom is -0.495 e. The molecular formula is C22H26N2O4S. The molecule has 2 aliphatic carbocycles. The molecule has 0 aromatic heterocycles. The number of benzene rings is 2. The third-order valence-electron chi connectivity index (χ3n) is 5.72. The predicted octanol–water partition coefficient (Wildman–Crippen LogP) is 3.29. The zero-order valence-corrected chi connectivity index (χ0v) is 17.5. The molecule has 0 bridgehead atoms. The van der Waals surface area contributed by atoms with Gasteiger partial charge in [-0.15, -0.1) is 0 Å². The number of aryl methyl sites for hydroxylation is 1. The van der Waals surface area contributed by atoms with E-state index in [2.05, 4.69) is 16.9 Å². The molecule has 0 heterocycles. The number of carbonyl (C=O) groups is 1. The Labute approximate surface area is 171 Å². The van der Waals surface area contributed by atoms with Crippen molar-refractivity contribution in [3.8, 4) is 5.75 Å². The lowest BCUT2D eigenvalue weighted by Gasteiger charge is -2.33. The summed E-state index contributed by atoms with van der Waals surface area (Å²) in [6, 6.07) is 12.8. The third kappa shape index (κ3) is 4.02. The number of fused-ring (bicyclic) bond motifs is 1. The molecule has 0 aliphatic heterocycles. The third-order valence-corrected chi connectivity index (χ3v) is 7.27. The second kappa shape index (κ2) is 7.80. The Morgan fingerprint density at radius 1 is 1.14 bits per heavy atom. The van der Waals surface area contributed by atoms with Crippen molar-refractivity contribution in [1.82, 2.24) is 9.62 Å². The first-order chi connectivity index (χ1) is 13.9. The summed E-state index contributed by atoms with van der Waals surface area (Å²) >= 11 is 0. The Kier molecular flexibility index (Phi) is 5.36. The average molecular weight is 415 g/mol. The van der Waals surface area contributed by atoms with Crippen LogP contribution >= 0.6 is 0 Å². The van der Waals surface area contributed by atoms with Gasteiger partial charge < -0.3 is 9.64 Å². The van der Waals surface area contributed by atoms with E-state index in [0.29, 0.717) is 5.56 Å². The molecule has 2 aliphatic rings. The zero-order valence-electron chi connectivity index (χ0n) is 16.7. The molecule has 1 amide bonds. The first-order valence-electron chi connectivity index (χ1n) is 9.96. The molecule has 1 saturated carbocycles. The molecule has 1 fully saturated rings. The fourth-order valence-electron chi connectivity index (χ4n) is 3.98. The van der Waals surface area contributed by atoms with E-state index in [1.54, 1.807) is 24.1 Å². The highest BCUT2D eigenvalue weighted by atomic mass is 32.2. The maximum absolute atomic E-state index is 13.2. The van der Waals surface area contributed by atoms with Crippen molar-refractivity contribution in [2.24, 2.45) is 0 Å². The molecule has 2 aromatic carbocycles. The van der Waals surface area contributed by atoms with E-state index in [-0.39, 0.29) is 28.6 Å². The molecule has 154 valence electrons. The van der Waals surface area contributed by atoms with E-state index < -0.39 is 10.0 Å². The van der Waals surface area contributed by atoms with Crippen LogP contribution in [0.2, 0.25) is 0 Å². The minimum atomic E-state index is -3.74. The van der Waals surface area contributed by atoms with Crippen molar-refractivity contribution in [2.45, 2.75) is 49.1 Å². The van der Waals surface area contributed by atoms with Gasteiger partial charge in [-0.3, -0.25) is 4.79 Å². The topological polar surface area (TPSA) is 75.7 Å². The number of nitrogens with one attached hydrogen (secondary N) is 1. The molecule has 6 nitrogen and oxygen atoms in total. The van der Waals surface area contributed by atoms with Gasteiger partial charge in [0.2, 0.25) is 10.0 Å². The van der Waals surface area contributed by atoms with Crippen LogP contribution in [0.1, 0.15) is 53.2 Å². The second-order valence-corrected chi connectivity index (χ2v) is 9.47. The van der Waals surface area contributed by atoms with E-state index in [1.165, 1.54) is 24.3 Å². The molecule has 4 rings (SSSR count). The Hall–Kier alpha value is -2.38. The lowest BCUT2D eigenvalue weighted by Crippen LogP contribution is -2.33. The van der Waals surface area contributed by atoms with Gasteiger partial charge in [-0.25, -0.2) is 13.1 Å². The van der Waals surface area contributed by atoms with Gasteiger partial charge in [0.25, 0.3) is 5.91 Å². The van der Waals surface area contributed by atoms with Gasteiger partial charge in [-0.2, -0.15) is 0 Å². The van der Waals surface area contributed by atoms with Crippen LogP contribution in [-0.4, -0.2) is 39.4 Å². The highest BCUT2D eigenvalue weighted by Gasteiger charge is 2.32. The number of methoxy groups -OCH3 is 1. The van der Waals surface area contributed by atoms with Gasteiger partial charge in [0.1, 0.15) is 10.6 Å². The van der Waals surface area contributed by atoms with Gasteiger partial charge in [0.15, 0.2) is 0 Å². The SMILES string of the molecule is COc1ccc(C(=O)N(C)[C@@H]2CCCc3ccccc32)cc1S(=O)(=O)NC1CC1. The van der Waals surface area contributed by atoms with Gasteiger partial charge in [0, 0.05) is 18.7 Å². The molecular weight excluding hydrogens is 388 g/mol. The number of nitrogens with zero attached hydrogens (tertiary/aromatic N) is 1. The fourth-order valence-corrected chi connectivity index (χ4v) is 5.48. The number of carbonyl (C=O) groups excluding carboxylic acids is 1. The molecule has 1 atom stereocenters. The largest absolute Gasteiger partial charge is 0.495 e. The van der Waals surface area contributed by atoms with E-state index in [1.807, 2.05) is 12.1 Å². The van der Waals surface area contributed by atoms with Crippen molar-refractivity contribution in [2.75, 3.05) is 14.2 Å². The van der Waals surface area contributed by atoms with Gasteiger partial charge in [0.05, 0.1) is 13.2 Å². The monoisotopic (exact) mass is 414 g/mol. The molecule has 7 heteroatoms. The summed E-state index contributed by atoms with van der Waals surface area (Å²) in [5.74, 6) is 0.0394. The first-order valence-corrected chi connectivity index (χ1v) is 11.4. The number of amides is 1. The summed E-state index contributed by atoms with van der Waals surface area (Å²) in [5, 5.41) is 0. The number of rotatable bonds is 6. The van der Waals surface area contributed by atoms with Crippen molar-refractivity contribution in [3.05, 3.63) is 59.2 Å². The zero-order chi connectivity index (χ0) is 20.6. The van der Waals surface area contributed by atoms with Crippen LogP contribution in [0.25, 0.3) is 0 Å². The normalized spacial score (nSPS) is 18.8. The Morgan fingerprint density at radius 3 is 2.62 bits per heavy atom. The molecule has 0 spiro atoms. The van der Waals surface area contributed by atoms with Gasteiger partial charge in [-0.05, 0) is 61.4 Å². The number of hydrogen-bond donors (Lipinski definition) is 1. The minimum absolute atomic E-state index is 0.00944. The summed E-state index contributed by atoms with van der Waals surface area (Å²) < 4.78 is 33.4. The predicted molar refractivity (Wildman–Crippen MR) is 111 cm³/mol. The van der Waals surface area contributed by atoms with Crippen molar-refractivity contribution in [1.29, 1.82) is 0 Å². The summed E-state index contributed by atoms with van der Waals surface area (Å²) in [7, 11) is -0.524. The molecule has 2 aromatic rings. The number of ether oxygens (including phenoxy) is 1. The van der Waals surface area contributed by atoms with Crippen LogP contribution in [0.5, 0.6) is 5.75 Å². The van der Waals surface area contributed by atoms with Gasteiger partial charge >= 0.3 is 0 Å². The molecule has 0 radical (unpaired) electrons. The van der Waals surface area contributed by atoms with Crippen LogP contribution in [0.4, 0.5) is 0 Å². The second-order valence-electron chi connectivity index (χ2n) is 7.78. The average Bonchev–Trinajstić information content (AvgIpc) is 3.55. The number of sulfonamides is 1. The quantitative estimate of drug-likeness (QED) is 0.787. The van der Waals surface area contributed by atoms with Crippen molar-refractivity contribution in [3.63, 3.8) is 0 Å². The van der Waals surface area contributed by atoms with Crippen LogP contribution in [0.3, 0.4) is 0 Å². The summed E-state index contributed by atoms with van der Waals surface area (Å²) in [6.07, 6.45) is 4.61. The summed E-state index contributed by atoms with van der Waals surface area (Å²) in [5.41, 5.74) is 2.79. The lowest BCUT2D eigenvalue weighted by atomic mass is 9.87. The molecule has 0 saturated heterocycles. The van der Waals surface area contributed by atoms with Crippen LogP contribution in [-0.2, 0) is 16.4 Å². The van der Waals surface area contributed by atoms with Crippen molar-refractivity contribution < 1.29 is 17.9 Å². The van der Waals surface area contributed by atoms with E-state index in [0.717, 1.165) is 32.1 Å². The summed E-state index contributed by atoms with van der Waals surface area (Å²) in [4.78, 5) is 15.0. The molecule has 1 N–H and O–H groups in total. The summed E-state index contributed by atoms with van der Waals surface area (Å²) in [6.45, 7) is 0. The highest BCUT2D eigenvalue weighted by Crippen LogP contribution is 2.35. The lowest BCUT2D eigenvalue weighted by molar-refractivity contribution is 0.0715. The van der Waals surface area contributed by atoms with Crippen LogP contribution < -0.4 is 9.46 Å². The number of hydrogen-bond acceptors (Lipinski definition) is 4. The molecule has 29 heavy (non-hydrogen) atoms. The first kappa shape index (κ1) is 19.9. The van der Waals surface area contributed by atoms with Crippen molar-refractivity contribution >= 4 is 15.9 Å².